The number of aryl methyl sites for hydroxylation is 3. The Morgan fingerprint density at radius 2 is 0.424 bits per heavy atom. The van der Waals surface area contributed by atoms with Gasteiger partial charge in [0, 0.05) is 0 Å². The molecule has 0 N–H and O–H groups in total. The van der Waals surface area contributed by atoms with Crippen LogP contribution in [0.15, 0.2) is 72.8 Å². The van der Waals surface area contributed by atoms with E-state index in [2.05, 4.69) is 93.6 Å². The average molecular weight is 949 g/mol. The number of hydrogen-bond donors (Lipinski definition) is 0. The Labute approximate surface area is 296 Å². The summed E-state index contributed by atoms with van der Waals surface area (Å²) in [6.07, 6.45) is 0. The van der Waals surface area contributed by atoms with E-state index in [4.69, 9.17) is 0 Å². The fraction of sp³-hybridized carbons (Fsp3) is 0.143. The Balaban J connectivity index is -0.0000000329. The molecule has 0 aliphatic carbocycles. The molecule has 12 heteroatoms. The van der Waals surface area contributed by atoms with E-state index in [0.717, 1.165) is 0 Å². The third kappa shape index (κ3) is 34.7. The molecule has 180 valence electrons. The van der Waals surface area contributed by atoms with Crippen molar-refractivity contribution in [3.05, 3.63) is 89.5 Å². The fourth-order valence-electron chi connectivity index (χ4n) is 1.66. The quantitative estimate of drug-likeness (QED) is 0.197. The summed E-state index contributed by atoms with van der Waals surface area (Å²) in [4.78, 5) is 0. The van der Waals surface area contributed by atoms with Crippen LogP contribution < -0.4 is 122 Å². The second-order valence-corrected chi connectivity index (χ2v) is 10.5. The molecule has 0 radical (unpaired) electrons. The van der Waals surface area contributed by atoms with Gasteiger partial charge >= 0.3 is 189 Å². The zero-order valence-corrected chi connectivity index (χ0v) is 33.2. The van der Waals surface area contributed by atoms with Crippen LogP contribution in [-0.4, -0.2) is 67.6 Å². The summed E-state index contributed by atoms with van der Waals surface area (Å²) >= 11 is 4.49. The van der Waals surface area contributed by atoms with Gasteiger partial charge in [0.1, 0.15) is 0 Å². The topological polar surface area (TPSA) is 0 Å². The van der Waals surface area contributed by atoms with E-state index in [1.54, 1.807) is 0 Å². The van der Waals surface area contributed by atoms with Crippen LogP contribution >= 0.6 is 0 Å². The van der Waals surface area contributed by atoms with Crippen molar-refractivity contribution in [3.8, 4) is 0 Å². The summed E-state index contributed by atoms with van der Waals surface area (Å²) < 4.78 is 4.26. The molecule has 0 saturated carbocycles. The first kappa shape index (κ1) is 60.3. The summed E-state index contributed by atoms with van der Waals surface area (Å²) in [6, 6.07) is 25.8. The van der Waals surface area contributed by atoms with Crippen molar-refractivity contribution < 1.29 is 112 Å². The van der Waals surface area contributed by atoms with E-state index in [9.17, 15) is 0 Å². The number of hydrogen-bond acceptors (Lipinski definition) is 0. The zero-order valence-electron chi connectivity index (χ0n) is 17.8. The predicted molar refractivity (Wildman–Crippen MR) is 110 cm³/mol. The van der Waals surface area contributed by atoms with Crippen molar-refractivity contribution in [2.45, 2.75) is 20.8 Å². The van der Waals surface area contributed by atoms with Crippen molar-refractivity contribution in [1.29, 1.82) is 0 Å². The van der Waals surface area contributed by atoms with Crippen LogP contribution in [0, 0.1) is 20.8 Å². The first-order chi connectivity index (χ1) is 11.4. The fourth-order valence-corrected chi connectivity index (χ4v) is 3.09. The zero-order chi connectivity index (χ0) is 17.9. The van der Waals surface area contributed by atoms with Crippen LogP contribution in [0.1, 0.15) is 16.7 Å². The van der Waals surface area contributed by atoms with Gasteiger partial charge in [-0.15, -0.1) is 0 Å². The molecule has 3 aromatic carbocycles. The molecule has 0 fully saturated rings. The maximum absolute atomic E-state index is 2.16. The number of benzene rings is 3. The van der Waals surface area contributed by atoms with Crippen LogP contribution in [0.4, 0.5) is 0 Å². The molecule has 0 spiro atoms. The van der Waals surface area contributed by atoms with Crippen molar-refractivity contribution in [3.63, 3.8) is 0 Å². The van der Waals surface area contributed by atoms with Gasteiger partial charge in [-0.3, -0.25) is 0 Å². The van der Waals surface area contributed by atoms with E-state index in [0.29, 0.717) is 0 Å². The maximum atomic E-state index is 2.16. The minimum atomic E-state index is 0. The monoisotopic (exact) mass is 948 g/mol. The molecular formula is C21H21Cl9Sn3. The minimum absolute atomic E-state index is 0. The molecule has 3 aromatic rings. The van der Waals surface area contributed by atoms with Gasteiger partial charge in [0.2, 0.25) is 0 Å². The SMILES string of the molecule is Cc1cc[c]([Sn+3])cc1.Cc1cc[c]([Sn+3])cc1.Cc1cc[c]([Sn+3])cc1.[Cl-].[Cl-].[Cl-].[Cl-].[Cl-].[Cl-].[Cl-].[Cl-].[Cl-]. The van der Waals surface area contributed by atoms with Crippen molar-refractivity contribution in [1.82, 2.24) is 0 Å². The second-order valence-electron chi connectivity index (χ2n) is 5.60. The normalized spacial score (nSPS) is 6.82. The molecule has 0 heterocycles. The van der Waals surface area contributed by atoms with Gasteiger partial charge in [0.15, 0.2) is 0 Å². The molecule has 0 aliphatic rings. The van der Waals surface area contributed by atoms with E-state index in [1.165, 1.54) is 95.0 Å². The van der Waals surface area contributed by atoms with Crippen molar-refractivity contribution in [2.75, 3.05) is 0 Å². The summed E-state index contributed by atoms with van der Waals surface area (Å²) in [5.41, 5.74) is 4.03. The molecule has 0 bridgehead atoms. The average Bonchev–Trinajstić information content (AvgIpc) is 2.57. The summed E-state index contributed by atoms with van der Waals surface area (Å²) in [7, 11) is 0. The molecule has 0 unspecified atom stereocenters. The first-order valence-electron chi connectivity index (χ1n) is 7.71. The molecule has 0 saturated heterocycles. The molecule has 0 atom stereocenters. The van der Waals surface area contributed by atoms with Gasteiger partial charge in [-0.05, 0) is 0 Å². The molecule has 0 amide bonds. The van der Waals surface area contributed by atoms with E-state index < -0.39 is 0 Å². The Bertz CT molecular complexity index is 561. The van der Waals surface area contributed by atoms with Crippen molar-refractivity contribution in [2.24, 2.45) is 0 Å². The number of halogens is 9. The maximum Gasteiger partial charge on any atom is -1.00 e. The van der Waals surface area contributed by atoms with Crippen LogP contribution in [0.25, 0.3) is 0 Å². The third-order valence-electron chi connectivity index (χ3n) is 3.15. The molecule has 0 aromatic heterocycles. The molecule has 3 rings (SSSR count). The molecule has 0 aliphatic heterocycles. The van der Waals surface area contributed by atoms with Gasteiger partial charge in [-0.1, -0.05) is 0 Å². The molecular weight excluding hydrogens is 927 g/mol. The standard InChI is InChI=1S/3C7H7.9ClH.3Sn/c3*1-7-5-3-2-4-6-7;;;;;;;;;;;;/h3*3-6H,1H3;9*1H;;;/q;;;;;;;;;;;;3*+3/p-9. The van der Waals surface area contributed by atoms with Gasteiger partial charge < -0.3 is 112 Å². The van der Waals surface area contributed by atoms with E-state index >= 15 is 0 Å². The van der Waals surface area contributed by atoms with Crippen LogP contribution in [0.5, 0.6) is 0 Å². The Hall–Kier alpha value is 2.67. The summed E-state index contributed by atoms with van der Waals surface area (Å²) in [5, 5.41) is 0. The van der Waals surface area contributed by atoms with Crippen molar-refractivity contribution >= 4 is 78.3 Å². The summed E-state index contributed by atoms with van der Waals surface area (Å²) in [5.74, 6) is 0. The van der Waals surface area contributed by atoms with Gasteiger partial charge in [-0.25, -0.2) is 0 Å². The van der Waals surface area contributed by atoms with Gasteiger partial charge in [0.25, 0.3) is 0 Å². The van der Waals surface area contributed by atoms with E-state index in [-0.39, 0.29) is 112 Å². The van der Waals surface area contributed by atoms with E-state index in [1.807, 2.05) is 0 Å². The Morgan fingerprint density at radius 1 is 0.303 bits per heavy atom. The van der Waals surface area contributed by atoms with Crippen LogP contribution in [-0.2, 0) is 0 Å². The Kier molecular flexibility index (Phi) is 67.3. The number of rotatable bonds is 0. The van der Waals surface area contributed by atoms with Crippen LogP contribution in [0.2, 0.25) is 0 Å². The van der Waals surface area contributed by atoms with Gasteiger partial charge in [-0.2, -0.15) is 0 Å². The Morgan fingerprint density at radius 3 is 0.515 bits per heavy atom. The molecule has 0 nitrogen and oxygen atoms in total. The van der Waals surface area contributed by atoms with Gasteiger partial charge in [0.05, 0.1) is 0 Å². The third-order valence-corrected chi connectivity index (χ3v) is 6.01. The largest absolute Gasteiger partial charge is 1.00 e. The van der Waals surface area contributed by atoms with Crippen LogP contribution in [0.3, 0.4) is 0 Å². The summed E-state index contributed by atoms with van der Waals surface area (Å²) in [6.45, 7) is 6.32. The minimum Gasteiger partial charge on any atom is -1.00 e. The molecule has 33 heavy (non-hydrogen) atoms. The predicted octanol–water partition coefficient (Wildman–Crippen LogP) is -24.6. The second kappa shape index (κ2) is 36.8. The smallest absolute Gasteiger partial charge is 1.00 e. The first-order valence-corrected chi connectivity index (χ1v) is 12.0.